The van der Waals surface area contributed by atoms with Gasteiger partial charge in [0, 0.05) is 18.1 Å². The second-order valence-electron chi connectivity index (χ2n) is 5.44. The van der Waals surface area contributed by atoms with Gasteiger partial charge in [0.1, 0.15) is 11.4 Å². The molecule has 0 atom stereocenters. The third-order valence-electron chi connectivity index (χ3n) is 3.71. The van der Waals surface area contributed by atoms with Crippen LogP contribution >= 0.6 is 24.0 Å². The molecule has 0 saturated heterocycles. The molecule has 9 heteroatoms. The number of halogens is 2. The Bertz CT molecular complexity index is 969. The maximum atomic E-state index is 12.4. The number of carbonyl (C=O) groups excluding carboxylic acids is 1. The van der Waals surface area contributed by atoms with Crippen LogP contribution in [0.5, 0.6) is 11.5 Å². The molecule has 7 nitrogen and oxygen atoms in total. The number of hydrogen-bond acceptors (Lipinski definition) is 4. The summed E-state index contributed by atoms with van der Waals surface area (Å²) < 4.78 is 5.87. The topological polar surface area (TPSA) is 121 Å². The van der Waals surface area contributed by atoms with Gasteiger partial charge in [-0.3, -0.25) is 15.1 Å². The number of guanidine groups is 1. The third-order valence-corrected chi connectivity index (χ3v) is 4.04. The predicted molar refractivity (Wildman–Crippen MR) is 105 cm³/mol. The van der Waals surface area contributed by atoms with E-state index in [9.17, 15) is 4.79 Å². The lowest BCUT2D eigenvalue weighted by Gasteiger charge is -2.12. The number of benzene rings is 2. The van der Waals surface area contributed by atoms with Crippen LogP contribution in [0.25, 0.3) is 10.9 Å². The Hall–Kier alpha value is -2.90. The van der Waals surface area contributed by atoms with Gasteiger partial charge in [0.15, 0.2) is 11.7 Å². The van der Waals surface area contributed by atoms with Crippen LogP contribution in [0.15, 0.2) is 42.5 Å². The van der Waals surface area contributed by atoms with Crippen molar-refractivity contribution in [2.24, 2.45) is 5.73 Å². The molecule has 0 radical (unpaired) electrons. The molecule has 3 rings (SSSR count). The molecule has 0 bridgehead atoms. The van der Waals surface area contributed by atoms with Crippen molar-refractivity contribution in [1.82, 2.24) is 9.88 Å². The van der Waals surface area contributed by atoms with Crippen molar-refractivity contribution in [3.8, 4) is 11.5 Å². The molecule has 0 fully saturated rings. The first-order valence-electron chi connectivity index (χ1n) is 7.33. The zero-order valence-corrected chi connectivity index (χ0v) is 15.3. The highest BCUT2D eigenvalue weighted by molar-refractivity contribution is 6.35. The summed E-state index contributed by atoms with van der Waals surface area (Å²) in [6, 6.07) is 12.0. The number of nitrogens with zero attached hydrogens (tertiary/aromatic N) is 1. The van der Waals surface area contributed by atoms with Crippen LogP contribution in [0, 0.1) is 5.41 Å². The lowest BCUT2D eigenvalue weighted by molar-refractivity contribution is 0.0864. The van der Waals surface area contributed by atoms with Crippen LogP contribution < -0.4 is 16.2 Å². The third kappa shape index (κ3) is 3.68. The first kappa shape index (κ1) is 19.4. The van der Waals surface area contributed by atoms with Gasteiger partial charge in [-0.05, 0) is 42.5 Å². The lowest BCUT2D eigenvalue weighted by Crippen LogP contribution is -2.38. The predicted octanol–water partition coefficient (Wildman–Crippen LogP) is 3.58. The second-order valence-corrected chi connectivity index (χ2v) is 5.84. The van der Waals surface area contributed by atoms with E-state index in [1.54, 1.807) is 42.5 Å². The molecule has 0 spiro atoms. The van der Waals surface area contributed by atoms with E-state index in [-0.39, 0.29) is 24.1 Å². The normalized spacial score (nSPS) is 10.2. The van der Waals surface area contributed by atoms with E-state index in [1.807, 2.05) is 0 Å². The zero-order chi connectivity index (χ0) is 18.1. The second kappa shape index (κ2) is 7.55. The monoisotopic (exact) mass is 393 g/mol. The number of aromatic amines is 1. The van der Waals surface area contributed by atoms with E-state index >= 15 is 0 Å². The number of hydrogen-bond donors (Lipinski definition) is 4. The molecule has 136 valence electrons. The van der Waals surface area contributed by atoms with Gasteiger partial charge in [-0.1, -0.05) is 11.6 Å². The fourth-order valence-corrected chi connectivity index (χ4v) is 2.52. The summed E-state index contributed by atoms with van der Waals surface area (Å²) in [5.74, 6) is 0.307. The van der Waals surface area contributed by atoms with Crippen molar-refractivity contribution in [2.45, 2.75) is 0 Å². The zero-order valence-electron chi connectivity index (χ0n) is 13.7. The Kier molecular flexibility index (Phi) is 5.64. The summed E-state index contributed by atoms with van der Waals surface area (Å²) in [6.45, 7) is 0. The molecule has 6 N–H and O–H groups in total. The maximum absolute atomic E-state index is 12.4. The summed E-state index contributed by atoms with van der Waals surface area (Å²) in [4.78, 5) is 16.4. The van der Waals surface area contributed by atoms with Gasteiger partial charge >= 0.3 is 0 Å². The number of H-pyrrole nitrogens is 1. The van der Waals surface area contributed by atoms with E-state index < -0.39 is 5.91 Å². The summed E-state index contributed by atoms with van der Waals surface area (Å²) in [7, 11) is 1.42. The Morgan fingerprint density at radius 3 is 2.50 bits per heavy atom. The van der Waals surface area contributed by atoms with Crippen LogP contribution in [-0.2, 0) is 0 Å². The molecule has 0 aliphatic carbocycles. The number of anilines is 1. The Labute approximate surface area is 160 Å². The van der Waals surface area contributed by atoms with Crippen molar-refractivity contribution < 1.29 is 9.53 Å². The van der Waals surface area contributed by atoms with E-state index in [0.717, 1.165) is 4.90 Å². The van der Waals surface area contributed by atoms with Crippen LogP contribution in [0.2, 0.25) is 5.02 Å². The fourth-order valence-electron chi connectivity index (χ4n) is 2.31. The van der Waals surface area contributed by atoms with E-state index in [0.29, 0.717) is 33.1 Å². The minimum absolute atomic E-state index is 0. The minimum atomic E-state index is -0.446. The number of rotatable bonds is 3. The Balaban J connectivity index is 0.00000243. The molecule has 0 aliphatic rings. The van der Waals surface area contributed by atoms with Crippen LogP contribution in [0.1, 0.15) is 10.5 Å². The van der Waals surface area contributed by atoms with Crippen molar-refractivity contribution in [2.75, 3.05) is 12.8 Å². The standard InChI is InChI=1S/C17H16ClN5O2.ClH/c1-23(17(20)21)16(24)13-8-11-12(18)6-7-14(15(11)22-13)25-10-4-2-9(19)3-5-10;/h2-8,22H,19H2,1H3,(H3,20,21);1H. The molecular formula is C17H17Cl2N5O2. The van der Waals surface area contributed by atoms with Gasteiger partial charge in [-0.2, -0.15) is 0 Å². The minimum Gasteiger partial charge on any atom is -0.455 e. The van der Waals surface area contributed by atoms with Crippen molar-refractivity contribution in [3.05, 3.63) is 53.2 Å². The number of nitrogens with two attached hydrogens (primary N) is 2. The van der Waals surface area contributed by atoms with E-state index in [4.69, 9.17) is 33.2 Å². The summed E-state index contributed by atoms with van der Waals surface area (Å²) >= 11 is 6.23. The van der Waals surface area contributed by atoms with Crippen LogP contribution in [0.3, 0.4) is 0 Å². The molecule has 1 amide bonds. The quantitative estimate of drug-likeness (QED) is 0.308. The number of nitrogens with one attached hydrogen (secondary N) is 2. The summed E-state index contributed by atoms with van der Waals surface area (Å²) in [5.41, 5.74) is 12.5. The maximum Gasteiger partial charge on any atom is 0.276 e. The van der Waals surface area contributed by atoms with E-state index in [1.165, 1.54) is 7.05 Å². The van der Waals surface area contributed by atoms with Crippen LogP contribution in [-0.4, -0.2) is 28.8 Å². The molecule has 3 aromatic rings. The largest absolute Gasteiger partial charge is 0.455 e. The smallest absolute Gasteiger partial charge is 0.276 e. The molecule has 26 heavy (non-hydrogen) atoms. The summed E-state index contributed by atoms with van der Waals surface area (Å²) in [5, 5.41) is 8.48. The number of fused-ring (bicyclic) bond motifs is 1. The number of nitrogen functional groups attached to an aromatic ring is 1. The number of aromatic nitrogens is 1. The van der Waals surface area contributed by atoms with Gasteiger partial charge in [0.2, 0.25) is 0 Å². The van der Waals surface area contributed by atoms with Gasteiger partial charge in [-0.25, -0.2) is 0 Å². The number of carbonyl (C=O) groups is 1. The molecule has 0 aliphatic heterocycles. The average Bonchev–Trinajstić information content (AvgIpc) is 3.04. The fraction of sp³-hybridized carbons (Fsp3) is 0.0588. The van der Waals surface area contributed by atoms with Crippen molar-refractivity contribution in [1.29, 1.82) is 5.41 Å². The first-order chi connectivity index (χ1) is 11.9. The SMILES string of the molecule is CN(C(=N)N)C(=O)c1cc2c(Cl)ccc(Oc3ccc(N)cc3)c2[nH]1.Cl. The van der Waals surface area contributed by atoms with E-state index in [2.05, 4.69) is 4.98 Å². The van der Waals surface area contributed by atoms with Gasteiger partial charge < -0.3 is 21.2 Å². The molecule has 0 saturated carbocycles. The van der Waals surface area contributed by atoms with Gasteiger partial charge in [0.05, 0.1) is 10.5 Å². The van der Waals surface area contributed by atoms with Gasteiger partial charge in [-0.15, -0.1) is 12.4 Å². The molecule has 2 aromatic carbocycles. The Morgan fingerprint density at radius 1 is 1.23 bits per heavy atom. The molecule has 0 unspecified atom stereocenters. The highest BCUT2D eigenvalue weighted by Gasteiger charge is 2.19. The van der Waals surface area contributed by atoms with Crippen molar-refractivity contribution >= 4 is 52.5 Å². The van der Waals surface area contributed by atoms with Gasteiger partial charge in [0.25, 0.3) is 5.91 Å². The number of ether oxygens (including phenoxy) is 1. The average molecular weight is 394 g/mol. The number of amides is 1. The highest BCUT2D eigenvalue weighted by Crippen LogP contribution is 2.34. The van der Waals surface area contributed by atoms with Crippen LogP contribution in [0.4, 0.5) is 5.69 Å². The molecular weight excluding hydrogens is 377 g/mol. The Morgan fingerprint density at radius 2 is 1.88 bits per heavy atom. The molecule has 1 aromatic heterocycles. The first-order valence-corrected chi connectivity index (χ1v) is 7.71. The summed E-state index contributed by atoms with van der Waals surface area (Å²) in [6.07, 6.45) is 0. The lowest BCUT2D eigenvalue weighted by atomic mass is 10.2. The van der Waals surface area contributed by atoms with Crippen molar-refractivity contribution in [3.63, 3.8) is 0 Å². The highest BCUT2D eigenvalue weighted by atomic mass is 35.5. The molecule has 1 heterocycles.